The van der Waals surface area contributed by atoms with Crippen molar-refractivity contribution in [3.8, 4) is 5.75 Å². The molecule has 0 bridgehead atoms. The fourth-order valence-corrected chi connectivity index (χ4v) is 2.56. The van der Waals surface area contributed by atoms with Gasteiger partial charge in [0.25, 0.3) is 5.91 Å². The average molecular weight is 275 g/mol. The first-order chi connectivity index (χ1) is 9.54. The van der Waals surface area contributed by atoms with Crippen LogP contribution < -0.4 is 10.5 Å². The molecule has 3 N–H and O–H groups in total. The number of H-pyrrole nitrogens is 1. The van der Waals surface area contributed by atoms with E-state index < -0.39 is 5.91 Å². The molecule has 0 spiro atoms. The number of nitrogens with zero attached hydrogens (tertiary/aromatic N) is 1. The van der Waals surface area contributed by atoms with E-state index in [9.17, 15) is 4.79 Å². The number of amides is 1. The Balaban J connectivity index is 2.41. The first-order valence-electron chi connectivity index (χ1n) is 6.72. The van der Waals surface area contributed by atoms with E-state index in [4.69, 9.17) is 10.5 Å². The number of carbonyl (C=O) groups excluding carboxylic acids is 1. The summed E-state index contributed by atoms with van der Waals surface area (Å²) in [7, 11) is 4.14. The normalized spacial score (nSPS) is 12.8. The van der Waals surface area contributed by atoms with Crippen LogP contribution in [0.25, 0.3) is 10.9 Å². The third-order valence-electron chi connectivity index (χ3n) is 3.45. The SMILES string of the molecule is CC[C@H](c1c[nH]c2c(OCC(N)=O)cccc12)N(C)C. The van der Waals surface area contributed by atoms with Crippen molar-refractivity contribution in [1.82, 2.24) is 9.88 Å². The number of ether oxygens (including phenoxy) is 1. The summed E-state index contributed by atoms with van der Waals surface area (Å²) in [6.45, 7) is 2.05. The second-order valence-electron chi connectivity index (χ2n) is 5.07. The second kappa shape index (κ2) is 5.96. The second-order valence-corrected chi connectivity index (χ2v) is 5.07. The van der Waals surface area contributed by atoms with Gasteiger partial charge in [-0.25, -0.2) is 0 Å². The highest BCUT2D eigenvalue weighted by atomic mass is 16.5. The molecule has 0 saturated heterocycles. The summed E-state index contributed by atoms with van der Waals surface area (Å²) in [5.74, 6) is 0.176. The van der Waals surface area contributed by atoms with Crippen molar-refractivity contribution in [1.29, 1.82) is 0 Å². The highest BCUT2D eigenvalue weighted by Crippen LogP contribution is 2.33. The van der Waals surface area contributed by atoms with Crippen LogP contribution in [0.5, 0.6) is 5.75 Å². The molecule has 2 aromatic rings. The molecular formula is C15H21N3O2. The molecule has 108 valence electrons. The standard InChI is InChI=1S/C15H21N3O2/c1-4-12(18(2)3)11-8-17-15-10(11)6-5-7-13(15)20-9-14(16)19/h5-8,12,17H,4,9H2,1-3H3,(H2,16,19)/t12-/m1/s1. The molecule has 0 unspecified atom stereocenters. The zero-order chi connectivity index (χ0) is 14.7. The number of nitrogens with one attached hydrogen (secondary N) is 1. The van der Waals surface area contributed by atoms with E-state index in [0.29, 0.717) is 11.8 Å². The maximum atomic E-state index is 10.8. The zero-order valence-corrected chi connectivity index (χ0v) is 12.1. The fraction of sp³-hybridized carbons (Fsp3) is 0.400. The van der Waals surface area contributed by atoms with E-state index >= 15 is 0 Å². The first-order valence-corrected chi connectivity index (χ1v) is 6.72. The third kappa shape index (κ3) is 2.77. The molecule has 1 aromatic heterocycles. The molecular weight excluding hydrogens is 254 g/mol. The predicted octanol–water partition coefficient (Wildman–Crippen LogP) is 2.04. The molecule has 0 aliphatic rings. The highest BCUT2D eigenvalue weighted by Gasteiger charge is 2.17. The third-order valence-corrected chi connectivity index (χ3v) is 3.45. The Labute approximate surface area is 118 Å². The number of hydrogen-bond acceptors (Lipinski definition) is 3. The van der Waals surface area contributed by atoms with Gasteiger partial charge in [-0.15, -0.1) is 0 Å². The molecule has 1 heterocycles. The van der Waals surface area contributed by atoms with Gasteiger partial charge < -0.3 is 20.4 Å². The minimum absolute atomic E-state index is 0.113. The molecule has 0 radical (unpaired) electrons. The molecule has 0 aliphatic carbocycles. The lowest BCUT2D eigenvalue weighted by molar-refractivity contribution is -0.119. The molecule has 0 aliphatic heterocycles. The van der Waals surface area contributed by atoms with Gasteiger partial charge in [-0.1, -0.05) is 19.1 Å². The van der Waals surface area contributed by atoms with Crippen LogP contribution in [0.4, 0.5) is 0 Å². The molecule has 5 heteroatoms. The van der Waals surface area contributed by atoms with Gasteiger partial charge in [0.15, 0.2) is 6.61 Å². The summed E-state index contributed by atoms with van der Waals surface area (Å²) < 4.78 is 5.45. The molecule has 1 aromatic carbocycles. The van der Waals surface area contributed by atoms with Crippen LogP contribution >= 0.6 is 0 Å². The number of fused-ring (bicyclic) bond motifs is 1. The van der Waals surface area contributed by atoms with Gasteiger partial charge in [-0.3, -0.25) is 4.79 Å². The Morgan fingerprint density at radius 1 is 1.45 bits per heavy atom. The van der Waals surface area contributed by atoms with Crippen molar-refractivity contribution < 1.29 is 9.53 Å². The minimum atomic E-state index is -0.478. The molecule has 0 fully saturated rings. The number of primary amides is 1. The van der Waals surface area contributed by atoms with Crippen LogP contribution in [0.1, 0.15) is 24.9 Å². The largest absolute Gasteiger partial charge is 0.482 e. The van der Waals surface area contributed by atoms with Crippen molar-refractivity contribution in [3.05, 3.63) is 30.0 Å². The Hall–Kier alpha value is -2.01. The van der Waals surface area contributed by atoms with Crippen LogP contribution in [0, 0.1) is 0 Å². The van der Waals surface area contributed by atoms with Gasteiger partial charge in [0, 0.05) is 17.6 Å². The Bertz CT molecular complexity index is 604. The molecule has 1 amide bonds. The Morgan fingerprint density at radius 3 is 2.80 bits per heavy atom. The van der Waals surface area contributed by atoms with Crippen LogP contribution in [0.15, 0.2) is 24.4 Å². The summed E-state index contributed by atoms with van der Waals surface area (Å²) >= 11 is 0. The summed E-state index contributed by atoms with van der Waals surface area (Å²) in [5.41, 5.74) is 7.26. The van der Waals surface area contributed by atoms with Crippen molar-refractivity contribution in [2.45, 2.75) is 19.4 Å². The number of benzene rings is 1. The Morgan fingerprint density at radius 2 is 2.20 bits per heavy atom. The number of nitrogens with two attached hydrogens (primary N) is 1. The topological polar surface area (TPSA) is 71.3 Å². The molecule has 2 rings (SSSR count). The lowest BCUT2D eigenvalue weighted by Crippen LogP contribution is -2.20. The summed E-state index contributed by atoms with van der Waals surface area (Å²) in [5, 5.41) is 1.12. The lowest BCUT2D eigenvalue weighted by atomic mass is 10.0. The van der Waals surface area contributed by atoms with E-state index in [2.05, 4.69) is 37.0 Å². The summed E-state index contributed by atoms with van der Waals surface area (Å²) in [6.07, 6.45) is 3.03. The maximum absolute atomic E-state index is 10.8. The van der Waals surface area contributed by atoms with Crippen LogP contribution in [0.2, 0.25) is 0 Å². The Kier molecular flexibility index (Phi) is 4.29. The average Bonchev–Trinajstić information content (AvgIpc) is 2.81. The number of para-hydroxylation sites is 1. The first kappa shape index (κ1) is 14.4. The number of rotatable bonds is 6. The quantitative estimate of drug-likeness (QED) is 0.847. The minimum Gasteiger partial charge on any atom is -0.482 e. The number of aromatic amines is 1. The van der Waals surface area contributed by atoms with Crippen molar-refractivity contribution >= 4 is 16.8 Å². The van der Waals surface area contributed by atoms with Crippen LogP contribution in [-0.4, -0.2) is 36.5 Å². The van der Waals surface area contributed by atoms with Crippen molar-refractivity contribution in [2.24, 2.45) is 5.73 Å². The molecule has 0 saturated carbocycles. The molecule has 20 heavy (non-hydrogen) atoms. The lowest BCUT2D eigenvalue weighted by Gasteiger charge is -2.22. The highest BCUT2D eigenvalue weighted by molar-refractivity contribution is 5.89. The van der Waals surface area contributed by atoms with Gasteiger partial charge in [-0.05, 0) is 32.1 Å². The van der Waals surface area contributed by atoms with E-state index in [0.717, 1.165) is 17.3 Å². The van der Waals surface area contributed by atoms with Gasteiger partial charge in [0.05, 0.1) is 5.52 Å². The summed E-state index contributed by atoms with van der Waals surface area (Å²) in [6, 6.07) is 6.17. The van der Waals surface area contributed by atoms with Gasteiger partial charge in [-0.2, -0.15) is 0 Å². The van der Waals surface area contributed by atoms with E-state index in [-0.39, 0.29) is 6.61 Å². The van der Waals surface area contributed by atoms with Crippen LogP contribution in [0.3, 0.4) is 0 Å². The van der Waals surface area contributed by atoms with Gasteiger partial charge in [0.1, 0.15) is 5.75 Å². The van der Waals surface area contributed by atoms with E-state index in [1.54, 1.807) is 0 Å². The van der Waals surface area contributed by atoms with Gasteiger partial charge >= 0.3 is 0 Å². The van der Waals surface area contributed by atoms with Crippen LogP contribution in [-0.2, 0) is 4.79 Å². The summed E-state index contributed by atoms with van der Waals surface area (Å²) in [4.78, 5) is 16.3. The number of hydrogen-bond donors (Lipinski definition) is 2. The molecule has 1 atom stereocenters. The smallest absolute Gasteiger partial charge is 0.255 e. The monoisotopic (exact) mass is 275 g/mol. The fourth-order valence-electron chi connectivity index (χ4n) is 2.56. The van der Waals surface area contributed by atoms with Crippen molar-refractivity contribution in [3.63, 3.8) is 0 Å². The number of aromatic nitrogens is 1. The van der Waals surface area contributed by atoms with Gasteiger partial charge in [0.2, 0.25) is 0 Å². The molecule has 5 nitrogen and oxygen atoms in total. The maximum Gasteiger partial charge on any atom is 0.255 e. The zero-order valence-electron chi connectivity index (χ0n) is 12.1. The van der Waals surface area contributed by atoms with Crippen molar-refractivity contribution in [2.75, 3.05) is 20.7 Å². The van der Waals surface area contributed by atoms with E-state index in [1.165, 1.54) is 5.56 Å². The number of carbonyl (C=O) groups is 1. The predicted molar refractivity (Wildman–Crippen MR) is 79.7 cm³/mol. The van der Waals surface area contributed by atoms with E-state index in [1.807, 2.05) is 18.3 Å².